The van der Waals surface area contributed by atoms with Crippen LogP contribution in [0, 0.1) is 0 Å². The second-order valence-corrected chi connectivity index (χ2v) is 7.28. The first kappa shape index (κ1) is 16.9. The van der Waals surface area contributed by atoms with Crippen molar-refractivity contribution in [3.8, 4) is 16.3 Å². The lowest BCUT2D eigenvalue weighted by Crippen LogP contribution is -2.16. The zero-order valence-electron chi connectivity index (χ0n) is 13.8. The highest BCUT2D eigenvalue weighted by Crippen LogP contribution is 2.32. The molecule has 1 N–H and O–H groups in total. The fraction of sp³-hybridized carbons (Fsp3) is 0.444. The molecule has 1 atom stereocenters. The largest absolute Gasteiger partial charge is 0.491 e. The van der Waals surface area contributed by atoms with E-state index >= 15 is 0 Å². The normalized spacial score (nSPS) is 17.4. The van der Waals surface area contributed by atoms with Crippen molar-refractivity contribution >= 4 is 17.3 Å². The van der Waals surface area contributed by atoms with Gasteiger partial charge >= 0.3 is 5.97 Å². The van der Waals surface area contributed by atoms with E-state index < -0.39 is 5.97 Å². The molecule has 0 aliphatic carbocycles. The molecule has 2 aromatic rings. The third-order valence-corrected chi connectivity index (χ3v) is 5.30. The van der Waals surface area contributed by atoms with E-state index in [-0.39, 0.29) is 11.7 Å². The lowest BCUT2D eigenvalue weighted by atomic mass is 10.1. The van der Waals surface area contributed by atoms with Crippen LogP contribution in [0.4, 0.5) is 0 Å². The molecule has 6 heteroatoms. The Kier molecular flexibility index (Phi) is 5.16. The minimum Gasteiger partial charge on any atom is -0.491 e. The molecule has 24 heavy (non-hydrogen) atoms. The third kappa shape index (κ3) is 3.94. The van der Waals surface area contributed by atoms with Crippen LogP contribution in [0.5, 0.6) is 5.75 Å². The molecule has 1 aliphatic heterocycles. The first-order valence-corrected chi connectivity index (χ1v) is 8.93. The van der Waals surface area contributed by atoms with Gasteiger partial charge in [-0.1, -0.05) is 13.8 Å². The number of aromatic nitrogens is 1. The lowest BCUT2D eigenvalue weighted by molar-refractivity contribution is 0.0672. The molecule has 0 spiro atoms. The van der Waals surface area contributed by atoms with Gasteiger partial charge in [0, 0.05) is 23.2 Å². The maximum absolute atomic E-state index is 11.4. The summed E-state index contributed by atoms with van der Waals surface area (Å²) in [6.07, 6.45) is 3.97. The first-order valence-electron chi connectivity index (χ1n) is 8.12. The molecule has 1 aromatic heterocycles. The third-order valence-electron chi connectivity index (χ3n) is 3.95. The van der Waals surface area contributed by atoms with Crippen molar-refractivity contribution in [2.75, 3.05) is 13.2 Å². The van der Waals surface area contributed by atoms with Gasteiger partial charge < -0.3 is 14.6 Å². The van der Waals surface area contributed by atoms with Gasteiger partial charge in [-0.25, -0.2) is 9.78 Å². The van der Waals surface area contributed by atoms with E-state index in [1.165, 1.54) is 4.88 Å². The van der Waals surface area contributed by atoms with Gasteiger partial charge in [0.2, 0.25) is 0 Å². The summed E-state index contributed by atoms with van der Waals surface area (Å²) < 4.78 is 11.3. The Labute approximate surface area is 145 Å². The second-order valence-electron chi connectivity index (χ2n) is 6.22. The average molecular weight is 347 g/mol. The Bertz CT molecular complexity index is 720. The highest BCUT2D eigenvalue weighted by atomic mass is 32.1. The summed E-state index contributed by atoms with van der Waals surface area (Å²) >= 11 is 1.58. The predicted molar refractivity (Wildman–Crippen MR) is 93.1 cm³/mol. The SMILES string of the molecule is CC(C)c1cnc(-c2cc(OC[C@H]3CCCO3)cc(C(=O)O)c2)s1. The summed E-state index contributed by atoms with van der Waals surface area (Å²) in [5.74, 6) is -0.0321. The Morgan fingerprint density at radius 1 is 1.46 bits per heavy atom. The van der Waals surface area contributed by atoms with Gasteiger partial charge in [-0.15, -0.1) is 11.3 Å². The lowest BCUT2D eigenvalue weighted by Gasteiger charge is -2.12. The molecule has 0 bridgehead atoms. The van der Waals surface area contributed by atoms with Gasteiger partial charge in [0.15, 0.2) is 0 Å². The molecule has 2 heterocycles. The standard InChI is InChI=1S/C18H21NO4S/c1-11(2)16-9-19-17(24-16)12-6-13(18(20)21)8-15(7-12)23-10-14-4-3-5-22-14/h6-9,11,14H,3-5,10H2,1-2H3,(H,20,21)/t14-/m1/s1. The summed E-state index contributed by atoms with van der Waals surface area (Å²) in [5.41, 5.74) is 0.977. The van der Waals surface area contributed by atoms with E-state index in [9.17, 15) is 9.90 Å². The number of carboxylic acids is 1. The van der Waals surface area contributed by atoms with Crippen molar-refractivity contribution < 1.29 is 19.4 Å². The Morgan fingerprint density at radius 2 is 2.29 bits per heavy atom. The van der Waals surface area contributed by atoms with E-state index in [0.29, 0.717) is 18.3 Å². The van der Waals surface area contributed by atoms with E-state index in [1.54, 1.807) is 23.5 Å². The summed E-state index contributed by atoms with van der Waals surface area (Å²) in [7, 11) is 0. The van der Waals surface area contributed by atoms with Crippen LogP contribution in [-0.2, 0) is 4.74 Å². The number of thiazole rings is 1. The molecule has 3 rings (SSSR count). The zero-order valence-corrected chi connectivity index (χ0v) is 14.6. The molecule has 0 unspecified atom stereocenters. The number of benzene rings is 1. The Hall–Kier alpha value is -1.92. The van der Waals surface area contributed by atoms with Crippen molar-refractivity contribution in [3.63, 3.8) is 0 Å². The maximum Gasteiger partial charge on any atom is 0.335 e. The van der Waals surface area contributed by atoms with E-state index in [2.05, 4.69) is 18.8 Å². The minimum absolute atomic E-state index is 0.0920. The molecule has 0 saturated carbocycles. The van der Waals surface area contributed by atoms with E-state index in [0.717, 1.165) is 30.0 Å². The topological polar surface area (TPSA) is 68.7 Å². The van der Waals surface area contributed by atoms with Crippen molar-refractivity contribution in [3.05, 3.63) is 34.8 Å². The van der Waals surface area contributed by atoms with Crippen LogP contribution in [0.25, 0.3) is 10.6 Å². The number of nitrogens with zero attached hydrogens (tertiary/aromatic N) is 1. The van der Waals surface area contributed by atoms with E-state index in [4.69, 9.17) is 9.47 Å². The molecular formula is C18H21NO4S. The molecule has 1 saturated heterocycles. The number of ether oxygens (including phenoxy) is 2. The number of carbonyl (C=O) groups is 1. The van der Waals surface area contributed by atoms with Crippen molar-refractivity contribution in [2.45, 2.75) is 38.7 Å². The van der Waals surface area contributed by atoms with Crippen LogP contribution in [0.15, 0.2) is 24.4 Å². The van der Waals surface area contributed by atoms with Crippen molar-refractivity contribution in [1.29, 1.82) is 0 Å². The van der Waals surface area contributed by atoms with Crippen molar-refractivity contribution in [1.82, 2.24) is 4.98 Å². The molecule has 1 aromatic carbocycles. The fourth-order valence-corrected chi connectivity index (χ4v) is 3.49. The number of aromatic carboxylic acids is 1. The zero-order chi connectivity index (χ0) is 17.1. The van der Waals surface area contributed by atoms with Gasteiger partial charge in [-0.05, 0) is 37.0 Å². The van der Waals surface area contributed by atoms with E-state index in [1.807, 2.05) is 12.3 Å². The molecule has 0 amide bonds. The molecule has 0 radical (unpaired) electrons. The van der Waals surface area contributed by atoms with Crippen LogP contribution in [0.1, 0.15) is 47.8 Å². The minimum atomic E-state index is -0.973. The van der Waals surface area contributed by atoms with Crippen LogP contribution in [0.3, 0.4) is 0 Å². The highest BCUT2D eigenvalue weighted by Gasteiger charge is 2.17. The molecule has 1 fully saturated rings. The smallest absolute Gasteiger partial charge is 0.335 e. The quantitative estimate of drug-likeness (QED) is 0.848. The predicted octanol–water partition coefficient (Wildman–Crippen LogP) is 4.19. The second kappa shape index (κ2) is 7.32. The van der Waals surface area contributed by atoms with Gasteiger partial charge in [0.05, 0.1) is 11.7 Å². The Balaban J connectivity index is 1.85. The highest BCUT2D eigenvalue weighted by molar-refractivity contribution is 7.15. The van der Waals surface area contributed by atoms with Crippen LogP contribution in [-0.4, -0.2) is 35.4 Å². The van der Waals surface area contributed by atoms with Crippen LogP contribution >= 0.6 is 11.3 Å². The van der Waals surface area contributed by atoms with Crippen molar-refractivity contribution in [2.24, 2.45) is 0 Å². The maximum atomic E-state index is 11.4. The number of carboxylic acid groups (broad SMARTS) is 1. The number of rotatable bonds is 6. The average Bonchev–Trinajstić information content (AvgIpc) is 3.24. The monoisotopic (exact) mass is 347 g/mol. The molecule has 1 aliphatic rings. The van der Waals surface area contributed by atoms with Crippen LogP contribution < -0.4 is 4.74 Å². The summed E-state index contributed by atoms with van der Waals surface area (Å²) in [6.45, 7) is 5.44. The van der Waals surface area contributed by atoms with Gasteiger partial charge in [0.1, 0.15) is 17.4 Å². The van der Waals surface area contributed by atoms with Gasteiger partial charge in [-0.3, -0.25) is 0 Å². The molecule has 5 nitrogen and oxygen atoms in total. The first-order chi connectivity index (χ1) is 11.5. The molecular weight excluding hydrogens is 326 g/mol. The number of hydrogen-bond acceptors (Lipinski definition) is 5. The molecule has 128 valence electrons. The summed E-state index contributed by atoms with van der Waals surface area (Å²) in [4.78, 5) is 17.0. The van der Waals surface area contributed by atoms with Crippen LogP contribution in [0.2, 0.25) is 0 Å². The van der Waals surface area contributed by atoms with Gasteiger partial charge in [0.25, 0.3) is 0 Å². The Morgan fingerprint density at radius 3 is 2.92 bits per heavy atom. The van der Waals surface area contributed by atoms with Gasteiger partial charge in [-0.2, -0.15) is 0 Å². The summed E-state index contributed by atoms with van der Waals surface area (Å²) in [6, 6.07) is 5.05. The number of hydrogen-bond donors (Lipinski definition) is 1. The summed E-state index contributed by atoms with van der Waals surface area (Å²) in [5, 5.41) is 10.2. The fourth-order valence-electron chi connectivity index (χ4n) is 2.58.